The van der Waals surface area contributed by atoms with Crippen LogP contribution in [0.3, 0.4) is 0 Å². The standard InChI is InChI=1S/C19H24O2/c1-5-6-10-16-15(12-13-18(20)21-4)14-9-7-8-11-17(14)19(16,2)3/h7-9,11-13H,5-6,10H2,1-4H3/b13-12+. The number of ether oxygens (including phenoxy) is 1. The van der Waals surface area contributed by atoms with Gasteiger partial charge in [-0.2, -0.15) is 0 Å². The van der Waals surface area contributed by atoms with Crippen molar-refractivity contribution in [1.29, 1.82) is 0 Å². The highest BCUT2D eigenvalue weighted by molar-refractivity contribution is 5.91. The number of methoxy groups -OCH3 is 1. The Labute approximate surface area is 127 Å². The lowest BCUT2D eigenvalue weighted by Gasteiger charge is -2.24. The third-order valence-corrected chi connectivity index (χ3v) is 4.34. The largest absolute Gasteiger partial charge is 0.466 e. The Morgan fingerprint density at radius 3 is 2.67 bits per heavy atom. The second-order valence-electron chi connectivity index (χ2n) is 6.02. The third-order valence-electron chi connectivity index (χ3n) is 4.34. The summed E-state index contributed by atoms with van der Waals surface area (Å²) in [5.74, 6) is -0.306. The first-order valence-electron chi connectivity index (χ1n) is 7.62. The number of allylic oxidation sites excluding steroid dienone is 3. The molecule has 0 aliphatic heterocycles. The van der Waals surface area contributed by atoms with Crippen LogP contribution in [0.1, 0.15) is 51.2 Å². The molecule has 0 atom stereocenters. The minimum Gasteiger partial charge on any atom is -0.466 e. The van der Waals surface area contributed by atoms with Crippen molar-refractivity contribution in [3.63, 3.8) is 0 Å². The molecule has 2 heteroatoms. The number of hydrogen-bond donors (Lipinski definition) is 0. The average Bonchev–Trinajstić information content (AvgIpc) is 2.70. The normalized spacial score (nSPS) is 16.4. The first-order chi connectivity index (χ1) is 10.0. The minimum absolute atomic E-state index is 0.0293. The molecule has 1 aromatic rings. The van der Waals surface area contributed by atoms with Crippen LogP contribution in [0.15, 0.2) is 42.0 Å². The van der Waals surface area contributed by atoms with Crippen LogP contribution < -0.4 is 0 Å². The predicted molar refractivity (Wildman–Crippen MR) is 87.1 cm³/mol. The van der Waals surface area contributed by atoms with Crippen LogP contribution in [0.4, 0.5) is 0 Å². The van der Waals surface area contributed by atoms with Crippen molar-refractivity contribution in [2.75, 3.05) is 7.11 Å². The molecule has 2 rings (SSSR count). The van der Waals surface area contributed by atoms with Gasteiger partial charge in [-0.15, -0.1) is 0 Å². The Balaban J connectivity index is 2.50. The van der Waals surface area contributed by atoms with Crippen molar-refractivity contribution in [3.8, 4) is 0 Å². The first kappa shape index (κ1) is 15.6. The van der Waals surface area contributed by atoms with Gasteiger partial charge in [0.2, 0.25) is 0 Å². The minimum atomic E-state index is -0.306. The summed E-state index contributed by atoms with van der Waals surface area (Å²) in [6, 6.07) is 8.49. The molecule has 0 bridgehead atoms. The zero-order valence-electron chi connectivity index (χ0n) is 13.4. The number of carbonyl (C=O) groups is 1. The number of fused-ring (bicyclic) bond motifs is 1. The smallest absolute Gasteiger partial charge is 0.330 e. The topological polar surface area (TPSA) is 26.3 Å². The SMILES string of the molecule is CCCCC1=C(/C=C/C(=O)OC)c2ccccc2C1(C)C. The van der Waals surface area contributed by atoms with Gasteiger partial charge in [0.05, 0.1) is 7.11 Å². The fourth-order valence-electron chi connectivity index (χ4n) is 3.14. The second-order valence-corrected chi connectivity index (χ2v) is 6.02. The summed E-state index contributed by atoms with van der Waals surface area (Å²) < 4.78 is 4.72. The molecule has 0 amide bonds. The number of hydrogen-bond acceptors (Lipinski definition) is 2. The van der Waals surface area contributed by atoms with Crippen molar-refractivity contribution in [1.82, 2.24) is 0 Å². The molecular formula is C19H24O2. The van der Waals surface area contributed by atoms with E-state index < -0.39 is 0 Å². The van der Waals surface area contributed by atoms with E-state index >= 15 is 0 Å². The van der Waals surface area contributed by atoms with Gasteiger partial charge in [-0.05, 0) is 35.6 Å². The Morgan fingerprint density at radius 2 is 2.00 bits per heavy atom. The van der Waals surface area contributed by atoms with Gasteiger partial charge in [0.15, 0.2) is 0 Å². The van der Waals surface area contributed by atoms with Crippen LogP contribution in [0.2, 0.25) is 0 Å². The number of benzene rings is 1. The monoisotopic (exact) mass is 284 g/mol. The Bertz CT molecular complexity index is 591. The molecule has 0 fully saturated rings. The molecular weight excluding hydrogens is 260 g/mol. The highest BCUT2D eigenvalue weighted by Crippen LogP contribution is 2.48. The molecule has 0 saturated carbocycles. The van der Waals surface area contributed by atoms with E-state index in [0.29, 0.717) is 0 Å². The number of unbranched alkanes of at least 4 members (excludes halogenated alkanes) is 1. The Morgan fingerprint density at radius 1 is 1.29 bits per heavy atom. The molecule has 0 aromatic heterocycles. The van der Waals surface area contributed by atoms with Crippen LogP contribution in [0, 0.1) is 0 Å². The first-order valence-corrected chi connectivity index (χ1v) is 7.62. The third kappa shape index (κ3) is 2.94. The lowest BCUT2D eigenvalue weighted by Crippen LogP contribution is -2.17. The number of rotatable bonds is 5. The van der Waals surface area contributed by atoms with E-state index in [2.05, 4.69) is 45.0 Å². The highest BCUT2D eigenvalue weighted by atomic mass is 16.5. The van der Waals surface area contributed by atoms with E-state index in [-0.39, 0.29) is 11.4 Å². The van der Waals surface area contributed by atoms with Crippen LogP contribution in [-0.2, 0) is 14.9 Å². The maximum Gasteiger partial charge on any atom is 0.330 e. The molecule has 2 nitrogen and oxygen atoms in total. The Hall–Kier alpha value is -1.83. The van der Waals surface area contributed by atoms with Crippen molar-refractivity contribution in [3.05, 3.63) is 53.1 Å². The van der Waals surface area contributed by atoms with Crippen molar-refractivity contribution >= 4 is 11.5 Å². The molecule has 0 N–H and O–H groups in total. The van der Waals surface area contributed by atoms with Crippen molar-refractivity contribution in [2.24, 2.45) is 0 Å². The van der Waals surface area contributed by atoms with E-state index in [1.54, 1.807) is 0 Å². The molecule has 0 saturated heterocycles. The van der Waals surface area contributed by atoms with Gasteiger partial charge in [0.1, 0.15) is 0 Å². The fraction of sp³-hybridized carbons (Fsp3) is 0.421. The van der Waals surface area contributed by atoms with Crippen LogP contribution in [0.25, 0.3) is 5.57 Å². The number of carbonyl (C=O) groups excluding carboxylic acids is 1. The van der Waals surface area contributed by atoms with E-state index in [1.807, 2.05) is 6.08 Å². The quantitative estimate of drug-likeness (QED) is 0.581. The van der Waals surface area contributed by atoms with E-state index in [4.69, 9.17) is 4.74 Å². The molecule has 112 valence electrons. The molecule has 0 unspecified atom stereocenters. The summed E-state index contributed by atoms with van der Waals surface area (Å²) in [5.41, 5.74) is 5.23. The van der Waals surface area contributed by atoms with Gasteiger partial charge in [-0.25, -0.2) is 4.79 Å². The van der Waals surface area contributed by atoms with Gasteiger partial charge in [-0.3, -0.25) is 0 Å². The van der Waals surface area contributed by atoms with Gasteiger partial charge in [0, 0.05) is 11.5 Å². The molecule has 0 spiro atoms. The summed E-state index contributed by atoms with van der Waals surface area (Å²) in [5, 5.41) is 0. The summed E-state index contributed by atoms with van der Waals surface area (Å²) in [4.78, 5) is 11.4. The van der Waals surface area contributed by atoms with Crippen molar-refractivity contribution < 1.29 is 9.53 Å². The van der Waals surface area contributed by atoms with Gasteiger partial charge < -0.3 is 4.74 Å². The average molecular weight is 284 g/mol. The van der Waals surface area contributed by atoms with Gasteiger partial charge in [0.25, 0.3) is 0 Å². The van der Waals surface area contributed by atoms with E-state index in [9.17, 15) is 4.79 Å². The zero-order chi connectivity index (χ0) is 15.5. The summed E-state index contributed by atoms with van der Waals surface area (Å²) in [6.07, 6.45) is 6.86. The summed E-state index contributed by atoms with van der Waals surface area (Å²) in [7, 11) is 1.41. The molecule has 21 heavy (non-hydrogen) atoms. The van der Waals surface area contributed by atoms with Crippen molar-refractivity contribution in [2.45, 2.75) is 45.4 Å². The Kier molecular flexibility index (Phi) is 4.66. The molecule has 0 heterocycles. The van der Waals surface area contributed by atoms with Crippen LogP contribution in [-0.4, -0.2) is 13.1 Å². The maximum absolute atomic E-state index is 11.4. The molecule has 1 aromatic carbocycles. The lowest BCUT2D eigenvalue weighted by molar-refractivity contribution is -0.134. The van der Waals surface area contributed by atoms with Crippen LogP contribution in [0.5, 0.6) is 0 Å². The highest BCUT2D eigenvalue weighted by Gasteiger charge is 2.35. The zero-order valence-corrected chi connectivity index (χ0v) is 13.4. The second kappa shape index (κ2) is 6.30. The van der Waals surface area contributed by atoms with E-state index in [0.717, 1.165) is 6.42 Å². The lowest BCUT2D eigenvalue weighted by atomic mass is 9.79. The summed E-state index contributed by atoms with van der Waals surface area (Å²) in [6.45, 7) is 6.76. The van der Waals surface area contributed by atoms with Crippen LogP contribution >= 0.6 is 0 Å². The molecule has 1 aliphatic rings. The summed E-state index contributed by atoms with van der Waals surface area (Å²) >= 11 is 0. The van der Waals surface area contributed by atoms with Gasteiger partial charge in [-0.1, -0.05) is 57.0 Å². The predicted octanol–water partition coefficient (Wildman–Crippen LogP) is 4.65. The molecule has 1 aliphatic carbocycles. The number of esters is 1. The fourth-order valence-corrected chi connectivity index (χ4v) is 3.14. The van der Waals surface area contributed by atoms with E-state index in [1.165, 1.54) is 48.3 Å². The molecule has 0 radical (unpaired) electrons. The van der Waals surface area contributed by atoms with Gasteiger partial charge >= 0.3 is 5.97 Å². The maximum atomic E-state index is 11.4.